The fraction of sp³-hybridized carbons (Fsp3) is 0. The van der Waals surface area contributed by atoms with Crippen LogP contribution >= 0.6 is 27.3 Å². The second-order valence-corrected chi connectivity index (χ2v) is 5.03. The molecule has 0 spiro atoms. The van der Waals surface area contributed by atoms with Gasteiger partial charge < -0.3 is 11.1 Å². The highest BCUT2D eigenvalue weighted by Crippen LogP contribution is 2.27. The highest BCUT2D eigenvalue weighted by Gasteiger charge is 2.15. The van der Waals surface area contributed by atoms with Crippen molar-refractivity contribution in [1.29, 1.82) is 0 Å². The molecule has 1 heterocycles. The van der Waals surface area contributed by atoms with E-state index >= 15 is 0 Å². The monoisotopic (exact) mass is 314 g/mol. The SMILES string of the molecule is Nc1ccsc1C(=O)Nc1c(F)cccc1Br. The minimum absolute atomic E-state index is 0.116. The molecule has 3 nitrogen and oxygen atoms in total. The van der Waals surface area contributed by atoms with Gasteiger partial charge in [-0.25, -0.2) is 4.39 Å². The number of halogens is 2. The van der Waals surface area contributed by atoms with E-state index in [2.05, 4.69) is 21.2 Å². The maximum absolute atomic E-state index is 13.5. The number of amides is 1. The fourth-order valence-corrected chi connectivity index (χ4v) is 2.45. The Hall–Kier alpha value is -1.40. The topological polar surface area (TPSA) is 55.1 Å². The lowest BCUT2D eigenvalue weighted by atomic mass is 10.3. The van der Waals surface area contributed by atoms with Crippen molar-refractivity contribution in [2.45, 2.75) is 0 Å². The second-order valence-electron chi connectivity index (χ2n) is 3.26. The molecule has 2 rings (SSSR count). The lowest BCUT2D eigenvalue weighted by Crippen LogP contribution is -2.13. The van der Waals surface area contributed by atoms with Crippen molar-refractivity contribution in [2.75, 3.05) is 11.1 Å². The van der Waals surface area contributed by atoms with Crippen LogP contribution in [0.1, 0.15) is 9.67 Å². The molecular formula is C11H8BrFN2OS. The van der Waals surface area contributed by atoms with Gasteiger partial charge in [-0.3, -0.25) is 4.79 Å². The third-order valence-corrected chi connectivity index (χ3v) is 3.69. The van der Waals surface area contributed by atoms with Crippen molar-refractivity contribution in [3.63, 3.8) is 0 Å². The standard InChI is InChI=1S/C11H8BrFN2OS/c12-6-2-1-3-7(13)9(6)15-11(16)10-8(14)4-5-17-10/h1-5H,14H2,(H,15,16). The van der Waals surface area contributed by atoms with Gasteiger partial charge in [-0.05, 0) is 39.5 Å². The normalized spacial score (nSPS) is 10.2. The molecule has 2 aromatic rings. The Morgan fingerprint density at radius 1 is 1.41 bits per heavy atom. The van der Waals surface area contributed by atoms with Crippen molar-refractivity contribution in [2.24, 2.45) is 0 Å². The molecule has 0 fully saturated rings. The zero-order valence-corrected chi connectivity index (χ0v) is 10.9. The predicted molar refractivity (Wildman–Crippen MR) is 70.8 cm³/mol. The molecule has 0 aliphatic rings. The third kappa shape index (κ3) is 2.48. The van der Waals surface area contributed by atoms with Crippen LogP contribution in [0.4, 0.5) is 15.8 Å². The minimum Gasteiger partial charge on any atom is -0.397 e. The minimum atomic E-state index is -0.497. The van der Waals surface area contributed by atoms with Crippen molar-refractivity contribution in [1.82, 2.24) is 0 Å². The number of rotatable bonds is 2. The summed E-state index contributed by atoms with van der Waals surface area (Å²) in [7, 11) is 0. The number of anilines is 2. The fourth-order valence-electron chi connectivity index (χ4n) is 1.29. The van der Waals surface area contributed by atoms with E-state index in [9.17, 15) is 9.18 Å². The summed E-state index contributed by atoms with van der Waals surface area (Å²) in [5.41, 5.74) is 6.12. The first-order valence-corrected chi connectivity index (χ1v) is 6.35. The van der Waals surface area contributed by atoms with Gasteiger partial charge in [-0.15, -0.1) is 11.3 Å². The van der Waals surface area contributed by atoms with Gasteiger partial charge in [-0.2, -0.15) is 0 Å². The Labute approximate surface area is 110 Å². The molecule has 0 aliphatic heterocycles. The molecular weight excluding hydrogens is 307 g/mol. The first-order chi connectivity index (χ1) is 8.09. The van der Waals surface area contributed by atoms with Crippen LogP contribution in [0.3, 0.4) is 0 Å². The third-order valence-electron chi connectivity index (χ3n) is 2.10. The summed E-state index contributed by atoms with van der Waals surface area (Å²) < 4.78 is 14.0. The lowest BCUT2D eigenvalue weighted by molar-refractivity contribution is 0.103. The summed E-state index contributed by atoms with van der Waals surface area (Å²) in [6.07, 6.45) is 0. The number of carbonyl (C=O) groups is 1. The highest BCUT2D eigenvalue weighted by atomic mass is 79.9. The van der Waals surface area contributed by atoms with Gasteiger partial charge >= 0.3 is 0 Å². The van der Waals surface area contributed by atoms with Crippen LogP contribution in [-0.2, 0) is 0 Å². The van der Waals surface area contributed by atoms with E-state index < -0.39 is 11.7 Å². The molecule has 3 N–H and O–H groups in total. The van der Waals surface area contributed by atoms with Crippen molar-refractivity contribution in [3.05, 3.63) is 44.8 Å². The number of carbonyl (C=O) groups excluding carboxylic acids is 1. The maximum atomic E-state index is 13.5. The maximum Gasteiger partial charge on any atom is 0.267 e. The van der Waals surface area contributed by atoms with Crippen LogP contribution in [-0.4, -0.2) is 5.91 Å². The van der Waals surface area contributed by atoms with Gasteiger partial charge in [0.15, 0.2) is 0 Å². The molecule has 0 atom stereocenters. The highest BCUT2D eigenvalue weighted by molar-refractivity contribution is 9.10. The van der Waals surface area contributed by atoms with Gasteiger partial charge in [0, 0.05) is 4.47 Å². The zero-order valence-electron chi connectivity index (χ0n) is 8.54. The molecule has 1 aromatic carbocycles. The van der Waals surface area contributed by atoms with Gasteiger partial charge in [0.1, 0.15) is 10.7 Å². The van der Waals surface area contributed by atoms with E-state index in [-0.39, 0.29) is 5.69 Å². The van der Waals surface area contributed by atoms with Crippen LogP contribution in [0.2, 0.25) is 0 Å². The number of thiophene rings is 1. The number of para-hydroxylation sites is 1. The predicted octanol–water partition coefficient (Wildman–Crippen LogP) is 3.48. The summed E-state index contributed by atoms with van der Waals surface area (Å²) >= 11 is 4.39. The van der Waals surface area contributed by atoms with E-state index in [4.69, 9.17) is 5.73 Å². The summed E-state index contributed by atoms with van der Waals surface area (Å²) in [5.74, 6) is -0.911. The van der Waals surface area contributed by atoms with E-state index in [1.165, 1.54) is 17.4 Å². The molecule has 0 saturated heterocycles. The molecule has 1 amide bonds. The Bertz CT molecular complexity index is 550. The molecule has 6 heteroatoms. The Kier molecular flexibility index (Phi) is 3.44. The van der Waals surface area contributed by atoms with Crippen LogP contribution in [0.15, 0.2) is 34.1 Å². The van der Waals surface area contributed by atoms with Gasteiger partial charge in [0.05, 0.1) is 11.4 Å². The van der Waals surface area contributed by atoms with Gasteiger partial charge in [0.25, 0.3) is 5.91 Å². The summed E-state index contributed by atoms with van der Waals surface area (Å²) in [6, 6.07) is 6.11. The molecule has 0 saturated carbocycles. The quantitative estimate of drug-likeness (QED) is 0.891. The van der Waals surface area contributed by atoms with E-state index in [0.717, 1.165) is 0 Å². The average Bonchev–Trinajstić information content (AvgIpc) is 2.70. The Morgan fingerprint density at radius 3 is 2.76 bits per heavy atom. The van der Waals surface area contributed by atoms with Crippen LogP contribution in [0.5, 0.6) is 0 Å². The number of hydrogen-bond donors (Lipinski definition) is 2. The first-order valence-electron chi connectivity index (χ1n) is 4.68. The number of hydrogen-bond acceptors (Lipinski definition) is 3. The van der Waals surface area contributed by atoms with Crippen LogP contribution < -0.4 is 11.1 Å². The van der Waals surface area contributed by atoms with E-state index in [1.807, 2.05) is 0 Å². The first kappa shape index (κ1) is 12.1. The number of benzene rings is 1. The second kappa shape index (κ2) is 4.85. The van der Waals surface area contributed by atoms with Crippen molar-refractivity contribution < 1.29 is 9.18 Å². The largest absolute Gasteiger partial charge is 0.397 e. The van der Waals surface area contributed by atoms with E-state index in [1.54, 1.807) is 23.6 Å². The number of nitrogens with one attached hydrogen (secondary N) is 1. The smallest absolute Gasteiger partial charge is 0.267 e. The molecule has 0 bridgehead atoms. The number of nitrogens with two attached hydrogens (primary N) is 1. The summed E-state index contributed by atoms with van der Waals surface area (Å²) in [6.45, 7) is 0. The van der Waals surface area contributed by atoms with Gasteiger partial charge in [0.2, 0.25) is 0 Å². The Balaban J connectivity index is 2.28. The Morgan fingerprint density at radius 2 is 2.18 bits per heavy atom. The molecule has 17 heavy (non-hydrogen) atoms. The van der Waals surface area contributed by atoms with Gasteiger partial charge in [-0.1, -0.05) is 6.07 Å². The van der Waals surface area contributed by atoms with E-state index in [0.29, 0.717) is 15.0 Å². The molecule has 1 aromatic heterocycles. The summed E-state index contributed by atoms with van der Waals surface area (Å²) in [5, 5.41) is 4.20. The molecule has 0 radical (unpaired) electrons. The lowest BCUT2D eigenvalue weighted by Gasteiger charge is -2.07. The average molecular weight is 315 g/mol. The zero-order chi connectivity index (χ0) is 12.4. The van der Waals surface area contributed by atoms with Crippen LogP contribution in [0.25, 0.3) is 0 Å². The molecule has 0 unspecified atom stereocenters. The number of nitrogen functional groups attached to an aromatic ring is 1. The van der Waals surface area contributed by atoms with Crippen molar-refractivity contribution >= 4 is 44.5 Å². The van der Waals surface area contributed by atoms with Crippen molar-refractivity contribution in [3.8, 4) is 0 Å². The van der Waals surface area contributed by atoms with Crippen LogP contribution in [0, 0.1) is 5.82 Å². The molecule has 88 valence electrons. The molecule has 0 aliphatic carbocycles. The summed E-state index contributed by atoms with van der Waals surface area (Å²) in [4.78, 5) is 12.2.